The van der Waals surface area contributed by atoms with Crippen molar-refractivity contribution in [3.8, 4) is 0 Å². The lowest BCUT2D eigenvalue weighted by Gasteiger charge is -2.31. The molecule has 19 heavy (non-hydrogen) atoms. The maximum Gasteiger partial charge on any atom is 0.251 e. The molecule has 0 aromatic rings. The Morgan fingerprint density at radius 2 is 2.00 bits per heavy atom. The van der Waals surface area contributed by atoms with Crippen LogP contribution in [0.5, 0.6) is 0 Å². The zero-order chi connectivity index (χ0) is 13.1. The second-order valence-corrected chi connectivity index (χ2v) is 5.94. The molecule has 112 valence electrons. The Hall–Kier alpha value is -0.320. The van der Waals surface area contributed by atoms with Crippen molar-refractivity contribution in [3.05, 3.63) is 0 Å². The minimum Gasteiger partial charge on any atom is -0.364 e. The van der Waals surface area contributed by atoms with Crippen molar-refractivity contribution in [1.82, 2.24) is 4.90 Å². The molecular formula is C14H27ClN2O2. The normalized spacial score (nSPS) is 35.6. The number of likely N-dealkylation sites (tertiary alicyclic amines) is 1. The van der Waals surface area contributed by atoms with Gasteiger partial charge in [-0.2, -0.15) is 0 Å². The van der Waals surface area contributed by atoms with Gasteiger partial charge in [-0.3, -0.25) is 4.79 Å². The second kappa shape index (κ2) is 7.46. The Morgan fingerprint density at radius 3 is 2.63 bits per heavy atom. The van der Waals surface area contributed by atoms with Crippen molar-refractivity contribution in [2.24, 2.45) is 11.7 Å². The molecule has 2 aliphatic heterocycles. The predicted molar refractivity (Wildman–Crippen MR) is 78.4 cm³/mol. The van der Waals surface area contributed by atoms with Gasteiger partial charge in [-0.05, 0) is 38.5 Å². The van der Waals surface area contributed by atoms with Gasteiger partial charge >= 0.3 is 0 Å². The number of carbonyl (C=O) groups excluding carboxylic acids is 1. The lowest BCUT2D eigenvalue weighted by atomic mass is 10.1. The highest BCUT2D eigenvalue weighted by molar-refractivity contribution is 5.85. The molecule has 2 heterocycles. The van der Waals surface area contributed by atoms with Crippen LogP contribution < -0.4 is 5.73 Å². The molecule has 0 aliphatic carbocycles. The predicted octanol–water partition coefficient (Wildman–Crippen LogP) is 1.95. The summed E-state index contributed by atoms with van der Waals surface area (Å²) in [5.74, 6) is 0.790. The highest BCUT2D eigenvalue weighted by Crippen LogP contribution is 2.26. The number of nitrogens with two attached hydrogens (primary N) is 1. The first kappa shape index (κ1) is 16.7. The minimum atomic E-state index is -0.244. The first-order chi connectivity index (χ1) is 8.61. The van der Waals surface area contributed by atoms with Crippen molar-refractivity contribution in [1.29, 1.82) is 0 Å². The lowest BCUT2D eigenvalue weighted by molar-refractivity contribution is -0.145. The number of rotatable bonds is 2. The SMILES string of the molecule is CC1CCCC(C)N(C(=O)[C@@H]2CC[C@H](CN)O2)C1.Cl. The summed E-state index contributed by atoms with van der Waals surface area (Å²) in [4.78, 5) is 14.6. The molecule has 5 heteroatoms. The van der Waals surface area contributed by atoms with Crippen LogP contribution in [0.1, 0.15) is 46.0 Å². The zero-order valence-electron chi connectivity index (χ0n) is 12.0. The summed E-state index contributed by atoms with van der Waals surface area (Å²) in [5, 5.41) is 0. The highest BCUT2D eigenvalue weighted by Gasteiger charge is 2.35. The highest BCUT2D eigenvalue weighted by atomic mass is 35.5. The number of hydrogen-bond donors (Lipinski definition) is 1. The summed E-state index contributed by atoms with van der Waals surface area (Å²) >= 11 is 0. The number of ether oxygens (including phenoxy) is 1. The van der Waals surface area contributed by atoms with E-state index in [1.807, 2.05) is 4.90 Å². The molecule has 2 unspecified atom stereocenters. The van der Waals surface area contributed by atoms with Crippen molar-refractivity contribution < 1.29 is 9.53 Å². The lowest BCUT2D eigenvalue weighted by Crippen LogP contribution is -2.45. The van der Waals surface area contributed by atoms with Gasteiger partial charge in [-0.25, -0.2) is 0 Å². The monoisotopic (exact) mass is 290 g/mol. The standard InChI is InChI=1S/C14H26N2O2.ClH/c1-10-4-3-5-11(2)16(9-10)14(17)13-7-6-12(8-15)18-13;/h10-13H,3-9,15H2,1-2H3;1H/t10?,11?,12-,13+;/m1./s1. The van der Waals surface area contributed by atoms with Crippen LogP contribution in [0.2, 0.25) is 0 Å². The van der Waals surface area contributed by atoms with Gasteiger partial charge in [0.25, 0.3) is 5.91 Å². The van der Waals surface area contributed by atoms with Crippen LogP contribution in [0.15, 0.2) is 0 Å². The maximum atomic E-state index is 12.5. The summed E-state index contributed by atoms with van der Waals surface area (Å²) in [6.07, 6.45) is 5.16. The molecule has 0 aromatic carbocycles. The number of nitrogens with zero attached hydrogens (tertiary/aromatic N) is 1. The van der Waals surface area contributed by atoms with Crippen molar-refractivity contribution in [3.63, 3.8) is 0 Å². The van der Waals surface area contributed by atoms with Crippen LogP contribution in [0.4, 0.5) is 0 Å². The molecule has 2 aliphatic rings. The van der Waals surface area contributed by atoms with Crippen molar-refractivity contribution >= 4 is 18.3 Å². The molecule has 1 amide bonds. The molecule has 2 N–H and O–H groups in total. The summed E-state index contributed by atoms with van der Waals surface area (Å²) in [5.41, 5.74) is 5.60. The van der Waals surface area contributed by atoms with E-state index in [0.717, 1.165) is 25.8 Å². The number of amides is 1. The van der Waals surface area contributed by atoms with E-state index in [2.05, 4.69) is 13.8 Å². The van der Waals surface area contributed by atoms with Crippen LogP contribution in [-0.2, 0) is 9.53 Å². The average molecular weight is 291 g/mol. The first-order valence-corrected chi connectivity index (χ1v) is 7.27. The van der Waals surface area contributed by atoms with Crippen LogP contribution in [0.25, 0.3) is 0 Å². The van der Waals surface area contributed by atoms with Gasteiger partial charge in [0.15, 0.2) is 0 Å². The molecule has 0 radical (unpaired) electrons. The van der Waals surface area contributed by atoms with Crippen LogP contribution in [0, 0.1) is 5.92 Å². The Morgan fingerprint density at radius 1 is 1.26 bits per heavy atom. The number of carbonyl (C=O) groups is 1. The Bertz CT molecular complexity index is 301. The molecule has 4 atom stereocenters. The van der Waals surface area contributed by atoms with Crippen LogP contribution in [0.3, 0.4) is 0 Å². The largest absolute Gasteiger partial charge is 0.364 e. The summed E-state index contributed by atoms with van der Waals surface area (Å²) in [7, 11) is 0. The summed E-state index contributed by atoms with van der Waals surface area (Å²) in [6.45, 7) is 5.80. The molecule has 0 spiro atoms. The third-order valence-electron chi connectivity index (χ3n) is 4.29. The van der Waals surface area contributed by atoms with Gasteiger partial charge in [0.05, 0.1) is 6.10 Å². The van der Waals surface area contributed by atoms with E-state index in [9.17, 15) is 4.79 Å². The van der Waals surface area contributed by atoms with E-state index in [1.54, 1.807) is 0 Å². The molecule has 2 rings (SSSR count). The smallest absolute Gasteiger partial charge is 0.251 e. The minimum absolute atomic E-state index is 0. The van der Waals surface area contributed by atoms with E-state index in [1.165, 1.54) is 12.8 Å². The third kappa shape index (κ3) is 4.07. The van der Waals surface area contributed by atoms with E-state index in [-0.39, 0.29) is 30.5 Å². The molecule has 2 fully saturated rings. The molecule has 4 nitrogen and oxygen atoms in total. The quantitative estimate of drug-likeness (QED) is 0.846. The molecule has 0 aromatic heterocycles. The van der Waals surface area contributed by atoms with Gasteiger partial charge in [-0.15, -0.1) is 12.4 Å². The molecule has 0 bridgehead atoms. The molecule has 0 saturated carbocycles. The van der Waals surface area contributed by atoms with Gasteiger partial charge in [-0.1, -0.05) is 13.3 Å². The van der Waals surface area contributed by atoms with E-state index >= 15 is 0 Å². The Balaban J connectivity index is 0.00000180. The van der Waals surface area contributed by atoms with Gasteiger partial charge in [0, 0.05) is 19.1 Å². The van der Waals surface area contributed by atoms with Gasteiger partial charge in [0.1, 0.15) is 6.10 Å². The molecular weight excluding hydrogens is 264 g/mol. The van der Waals surface area contributed by atoms with E-state index < -0.39 is 0 Å². The first-order valence-electron chi connectivity index (χ1n) is 7.27. The van der Waals surface area contributed by atoms with E-state index in [0.29, 0.717) is 18.5 Å². The number of hydrogen-bond acceptors (Lipinski definition) is 3. The van der Waals surface area contributed by atoms with E-state index in [4.69, 9.17) is 10.5 Å². The fraction of sp³-hybridized carbons (Fsp3) is 0.929. The van der Waals surface area contributed by atoms with Crippen molar-refractivity contribution in [2.75, 3.05) is 13.1 Å². The Labute approximate surface area is 122 Å². The summed E-state index contributed by atoms with van der Waals surface area (Å²) < 4.78 is 5.73. The van der Waals surface area contributed by atoms with Crippen molar-refractivity contribution in [2.45, 2.75) is 64.2 Å². The second-order valence-electron chi connectivity index (χ2n) is 5.94. The fourth-order valence-corrected chi connectivity index (χ4v) is 3.08. The zero-order valence-corrected chi connectivity index (χ0v) is 12.8. The summed E-state index contributed by atoms with van der Waals surface area (Å²) in [6, 6.07) is 0.350. The number of halogens is 1. The topological polar surface area (TPSA) is 55.6 Å². The fourth-order valence-electron chi connectivity index (χ4n) is 3.08. The van der Waals surface area contributed by atoms with Gasteiger partial charge in [0.2, 0.25) is 0 Å². The van der Waals surface area contributed by atoms with Crippen LogP contribution in [-0.4, -0.2) is 42.1 Å². The average Bonchev–Trinajstić information content (AvgIpc) is 2.77. The molecule has 2 saturated heterocycles. The third-order valence-corrected chi connectivity index (χ3v) is 4.29. The Kier molecular flexibility index (Phi) is 6.57. The maximum absolute atomic E-state index is 12.5. The van der Waals surface area contributed by atoms with Gasteiger partial charge < -0.3 is 15.4 Å². The van der Waals surface area contributed by atoms with Crippen LogP contribution >= 0.6 is 12.4 Å².